The molecule has 2 aromatic rings. The van der Waals surface area contributed by atoms with Crippen molar-refractivity contribution in [2.24, 2.45) is 0 Å². The molecule has 2 amide bonds. The van der Waals surface area contributed by atoms with E-state index >= 15 is 0 Å². The molecule has 7 nitrogen and oxygen atoms in total. The van der Waals surface area contributed by atoms with Crippen molar-refractivity contribution in [2.45, 2.75) is 83.0 Å². The molecule has 8 heteroatoms. The van der Waals surface area contributed by atoms with E-state index in [4.69, 9.17) is 4.74 Å². The molecule has 2 N–H and O–H groups in total. The fourth-order valence-corrected chi connectivity index (χ4v) is 4.87. The number of carbonyl (C=O) groups is 2. The van der Waals surface area contributed by atoms with Crippen LogP contribution in [0.5, 0.6) is 0 Å². The van der Waals surface area contributed by atoms with Crippen LogP contribution in [-0.4, -0.2) is 35.1 Å². The summed E-state index contributed by atoms with van der Waals surface area (Å²) in [5.74, 6) is -1.44. The first-order valence-corrected chi connectivity index (χ1v) is 12.7. The van der Waals surface area contributed by atoms with Crippen LogP contribution < -0.4 is 16.1 Å². The third-order valence-electron chi connectivity index (χ3n) is 6.79. The third kappa shape index (κ3) is 7.01. The van der Waals surface area contributed by atoms with Crippen molar-refractivity contribution >= 4 is 11.8 Å². The lowest BCUT2D eigenvalue weighted by molar-refractivity contribution is 0.0914. The number of carbonyl (C=O) groups excluding carboxylic acids is 2. The second-order valence-corrected chi connectivity index (χ2v) is 9.57. The fourth-order valence-electron chi connectivity index (χ4n) is 4.87. The van der Waals surface area contributed by atoms with Crippen molar-refractivity contribution in [1.82, 2.24) is 15.2 Å². The number of hydrogen-bond acceptors (Lipinski definition) is 4. The molecule has 0 radical (unpaired) electrons. The number of ether oxygens (including phenoxy) is 1. The van der Waals surface area contributed by atoms with Gasteiger partial charge in [0.2, 0.25) is 5.43 Å². The highest BCUT2D eigenvalue weighted by molar-refractivity contribution is 5.99. The van der Waals surface area contributed by atoms with Crippen LogP contribution in [0, 0.1) is 5.82 Å². The van der Waals surface area contributed by atoms with E-state index < -0.39 is 23.1 Å². The normalized spacial score (nSPS) is 19.1. The SMILES string of the molecule is O=C(NCc1cccc(F)c1)c1cn(C[C@H]2CCCO2)cc(C(=O)NC2CCCCCCC2)c1=O. The van der Waals surface area contributed by atoms with Crippen molar-refractivity contribution in [1.29, 1.82) is 0 Å². The molecule has 2 fully saturated rings. The second kappa shape index (κ2) is 12.1. The Hall–Kier alpha value is -3.00. The molecule has 1 aliphatic heterocycles. The molecular weight excluding hydrogens is 449 g/mol. The van der Waals surface area contributed by atoms with Gasteiger partial charge in [-0.1, -0.05) is 44.2 Å². The molecule has 1 aliphatic carbocycles. The van der Waals surface area contributed by atoms with Gasteiger partial charge in [0, 0.05) is 38.1 Å². The zero-order valence-corrected chi connectivity index (χ0v) is 20.1. The minimum Gasteiger partial charge on any atom is -0.376 e. The van der Waals surface area contributed by atoms with Crippen LogP contribution in [0.15, 0.2) is 41.5 Å². The highest BCUT2D eigenvalue weighted by Crippen LogP contribution is 2.18. The number of halogens is 1. The molecule has 35 heavy (non-hydrogen) atoms. The summed E-state index contributed by atoms with van der Waals surface area (Å²) in [6.07, 6.45) is 12.3. The molecule has 0 spiro atoms. The Balaban J connectivity index is 1.55. The van der Waals surface area contributed by atoms with Gasteiger partial charge in [0.1, 0.15) is 16.9 Å². The van der Waals surface area contributed by atoms with E-state index in [1.54, 1.807) is 16.7 Å². The van der Waals surface area contributed by atoms with Gasteiger partial charge in [0.25, 0.3) is 11.8 Å². The molecule has 1 saturated heterocycles. The average molecular weight is 484 g/mol. The van der Waals surface area contributed by atoms with Gasteiger partial charge in [-0.2, -0.15) is 0 Å². The lowest BCUT2D eigenvalue weighted by atomic mass is 9.96. The van der Waals surface area contributed by atoms with E-state index in [1.807, 2.05) is 0 Å². The Kier molecular flexibility index (Phi) is 8.69. The number of aromatic nitrogens is 1. The van der Waals surface area contributed by atoms with Crippen LogP contribution >= 0.6 is 0 Å². The van der Waals surface area contributed by atoms with E-state index in [0.717, 1.165) is 51.4 Å². The minimum absolute atomic E-state index is 0.0257. The summed E-state index contributed by atoms with van der Waals surface area (Å²) >= 11 is 0. The number of nitrogens with zero attached hydrogens (tertiary/aromatic N) is 1. The first kappa shape index (κ1) is 25.1. The van der Waals surface area contributed by atoms with Crippen molar-refractivity contribution in [3.63, 3.8) is 0 Å². The molecule has 2 heterocycles. The van der Waals surface area contributed by atoms with Crippen molar-refractivity contribution in [2.75, 3.05) is 6.61 Å². The van der Waals surface area contributed by atoms with Crippen LogP contribution in [0.25, 0.3) is 0 Å². The van der Waals surface area contributed by atoms with Gasteiger partial charge in [-0.25, -0.2) is 4.39 Å². The molecule has 0 unspecified atom stereocenters. The molecule has 4 rings (SSSR count). The first-order valence-electron chi connectivity index (χ1n) is 12.7. The summed E-state index contributed by atoms with van der Waals surface area (Å²) in [5.41, 5.74) is -0.168. The van der Waals surface area contributed by atoms with Crippen LogP contribution in [0.2, 0.25) is 0 Å². The van der Waals surface area contributed by atoms with E-state index in [-0.39, 0.29) is 29.8 Å². The molecule has 1 saturated carbocycles. The van der Waals surface area contributed by atoms with Gasteiger partial charge in [0.05, 0.1) is 6.10 Å². The number of nitrogens with one attached hydrogen (secondary N) is 2. The lowest BCUT2D eigenvalue weighted by Crippen LogP contribution is -2.40. The molecule has 1 aromatic carbocycles. The van der Waals surface area contributed by atoms with Gasteiger partial charge < -0.3 is 19.9 Å². The summed E-state index contributed by atoms with van der Waals surface area (Å²) in [4.78, 5) is 39.4. The van der Waals surface area contributed by atoms with E-state index in [0.29, 0.717) is 18.7 Å². The Morgan fingerprint density at radius 3 is 2.37 bits per heavy atom. The average Bonchev–Trinajstić information content (AvgIpc) is 3.33. The summed E-state index contributed by atoms with van der Waals surface area (Å²) in [7, 11) is 0. The van der Waals surface area contributed by atoms with E-state index in [2.05, 4.69) is 10.6 Å². The standard InChI is InChI=1S/C27H34FN3O4/c28-20-9-6-8-19(14-20)15-29-26(33)23-17-31(16-22-12-7-13-35-22)18-24(25(23)32)27(34)30-21-10-4-2-1-3-5-11-21/h6,8-9,14,17-18,21-22H,1-5,7,10-13,15-16H2,(H,29,33)(H,30,34)/t22-/m1/s1. The van der Waals surface area contributed by atoms with Gasteiger partial charge >= 0.3 is 0 Å². The summed E-state index contributed by atoms with van der Waals surface area (Å²) < 4.78 is 20.9. The number of benzene rings is 1. The van der Waals surface area contributed by atoms with Crippen LogP contribution in [0.3, 0.4) is 0 Å². The van der Waals surface area contributed by atoms with E-state index in [9.17, 15) is 18.8 Å². The quantitative estimate of drug-likeness (QED) is 0.624. The summed E-state index contributed by atoms with van der Waals surface area (Å²) in [6, 6.07) is 5.94. The largest absolute Gasteiger partial charge is 0.376 e. The monoisotopic (exact) mass is 483 g/mol. The highest BCUT2D eigenvalue weighted by Gasteiger charge is 2.23. The molecule has 1 aromatic heterocycles. The zero-order chi connectivity index (χ0) is 24.6. The summed E-state index contributed by atoms with van der Waals surface area (Å²) in [5, 5.41) is 5.72. The van der Waals surface area contributed by atoms with E-state index in [1.165, 1.54) is 30.9 Å². The maximum atomic E-state index is 13.5. The maximum absolute atomic E-state index is 13.5. The molecule has 188 valence electrons. The number of amides is 2. The molecular formula is C27H34FN3O4. The Bertz CT molecular complexity index is 1090. The van der Waals surface area contributed by atoms with Gasteiger partial charge in [-0.15, -0.1) is 0 Å². The van der Waals surface area contributed by atoms with Crippen molar-refractivity contribution in [3.05, 3.63) is 69.4 Å². The Morgan fingerprint density at radius 2 is 1.69 bits per heavy atom. The number of pyridine rings is 1. The van der Waals surface area contributed by atoms with Crippen LogP contribution in [0.4, 0.5) is 4.39 Å². The molecule has 0 bridgehead atoms. The lowest BCUT2D eigenvalue weighted by Gasteiger charge is -2.21. The predicted octanol–water partition coefficient (Wildman–Crippen LogP) is 3.94. The molecule has 1 atom stereocenters. The highest BCUT2D eigenvalue weighted by atomic mass is 19.1. The fraction of sp³-hybridized carbons (Fsp3) is 0.519. The number of hydrogen-bond donors (Lipinski definition) is 2. The van der Waals surface area contributed by atoms with Gasteiger partial charge in [-0.3, -0.25) is 14.4 Å². The molecule has 2 aliphatic rings. The van der Waals surface area contributed by atoms with Crippen LogP contribution in [-0.2, 0) is 17.8 Å². The minimum atomic E-state index is -0.603. The van der Waals surface area contributed by atoms with Crippen LogP contribution in [0.1, 0.15) is 84.1 Å². The van der Waals surface area contributed by atoms with Crippen molar-refractivity contribution < 1.29 is 18.7 Å². The Morgan fingerprint density at radius 1 is 0.971 bits per heavy atom. The third-order valence-corrected chi connectivity index (χ3v) is 6.79. The zero-order valence-electron chi connectivity index (χ0n) is 20.1. The number of rotatable bonds is 7. The summed E-state index contributed by atoms with van der Waals surface area (Å²) in [6.45, 7) is 1.20. The first-order chi connectivity index (χ1) is 17.0. The Labute approximate surface area is 205 Å². The smallest absolute Gasteiger partial charge is 0.257 e. The van der Waals surface area contributed by atoms with Crippen molar-refractivity contribution in [3.8, 4) is 0 Å². The second-order valence-electron chi connectivity index (χ2n) is 9.57. The van der Waals surface area contributed by atoms with Gasteiger partial charge in [-0.05, 0) is 43.4 Å². The van der Waals surface area contributed by atoms with Gasteiger partial charge in [0.15, 0.2) is 0 Å². The predicted molar refractivity (Wildman–Crippen MR) is 131 cm³/mol. The topological polar surface area (TPSA) is 89.4 Å². The maximum Gasteiger partial charge on any atom is 0.257 e.